The number of piperidine rings is 1. The van der Waals surface area contributed by atoms with E-state index in [0.717, 1.165) is 19.4 Å². The van der Waals surface area contributed by atoms with Crippen molar-refractivity contribution in [3.05, 3.63) is 0 Å². The van der Waals surface area contributed by atoms with Crippen molar-refractivity contribution in [2.24, 2.45) is 5.73 Å². The fourth-order valence-corrected chi connectivity index (χ4v) is 1.29. The predicted octanol–water partition coefficient (Wildman–Crippen LogP) is 0.0890. The molecule has 3 N–H and O–H groups in total. The molecular formula is C8H14N2. The van der Waals surface area contributed by atoms with E-state index in [9.17, 15) is 0 Å². The normalized spacial score (nSPS) is 40.7. The smallest absolute Gasteiger partial charge is 0.0704 e. The summed E-state index contributed by atoms with van der Waals surface area (Å²) in [6, 6.07) is 0.184. The van der Waals surface area contributed by atoms with Crippen LogP contribution >= 0.6 is 0 Å². The molecule has 2 unspecified atom stereocenters. The van der Waals surface area contributed by atoms with Gasteiger partial charge in [0.1, 0.15) is 0 Å². The van der Waals surface area contributed by atoms with E-state index in [1.165, 1.54) is 0 Å². The fraction of sp³-hybridized carbons (Fsp3) is 0.750. The molecule has 10 heavy (non-hydrogen) atoms. The van der Waals surface area contributed by atoms with E-state index in [4.69, 9.17) is 12.2 Å². The zero-order valence-corrected chi connectivity index (χ0v) is 6.35. The average molecular weight is 138 g/mol. The van der Waals surface area contributed by atoms with Gasteiger partial charge in [0.2, 0.25) is 0 Å². The molecule has 2 nitrogen and oxygen atoms in total. The molecule has 0 aromatic heterocycles. The third kappa shape index (κ3) is 1.73. The number of hydrogen-bond donors (Lipinski definition) is 2. The van der Waals surface area contributed by atoms with Crippen molar-refractivity contribution in [2.75, 3.05) is 6.54 Å². The van der Waals surface area contributed by atoms with E-state index in [1.54, 1.807) is 0 Å². The lowest BCUT2D eigenvalue weighted by molar-refractivity contribution is 0.307. The molecule has 56 valence electrons. The molecule has 0 spiro atoms. The molecule has 0 bridgehead atoms. The zero-order chi connectivity index (χ0) is 7.61. The first-order chi connectivity index (χ1) is 4.64. The molecule has 1 rings (SSSR count). The van der Waals surface area contributed by atoms with E-state index < -0.39 is 0 Å². The molecule has 1 aliphatic rings. The van der Waals surface area contributed by atoms with E-state index in [1.807, 2.05) is 0 Å². The summed E-state index contributed by atoms with van der Waals surface area (Å²) in [7, 11) is 0. The van der Waals surface area contributed by atoms with Crippen LogP contribution in [-0.4, -0.2) is 18.1 Å². The second-order valence-electron chi connectivity index (χ2n) is 3.28. The molecule has 0 radical (unpaired) electrons. The van der Waals surface area contributed by atoms with Gasteiger partial charge in [-0.1, -0.05) is 5.92 Å². The monoisotopic (exact) mass is 138 g/mol. The highest BCUT2D eigenvalue weighted by molar-refractivity contribution is 5.05. The molecule has 1 aliphatic heterocycles. The second kappa shape index (κ2) is 2.61. The lowest BCUT2D eigenvalue weighted by Crippen LogP contribution is -2.50. The van der Waals surface area contributed by atoms with E-state index in [0.29, 0.717) is 0 Å². The highest BCUT2D eigenvalue weighted by atomic mass is 14.9. The Morgan fingerprint density at radius 3 is 2.90 bits per heavy atom. The van der Waals surface area contributed by atoms with E-state index >= 15 is 0 Å². The Morgan fingerprint density at radius 1 is 1.80 bits per heavy atom. The molecule has 0 amide bonds. The lowest BCUT2D eigenvalue weighted by atomic mass is 9.87. The molecule has 1 saturated heterocycles. The van der Waals surface area contributed by atoms with Crippen molar-refractivity contribution in [3.63, 3.8) is 0 Å². The minimum absolute atomic E-state index is 0.0533. The lowest BCUT2D eigenvalue weighted by Gasteiger charge is -2.33. The molecule has 1 heterocycles. The van der Waals surface area contributed by atoms with Crippen LogP contribution in [0, 0.1) is 12.3 Å². The van der Waals surface area contributed by atoms with Crippen LogP contribution in [0.2, 0.25) is 0 Å². The van der Waals surface area contributed by atoms with Gasteiger partial charge in [-0.25, -0.2) is 0 Å². The molecule has 2 heteroatoms. The van der Waals surface area contributed by atoms with Crippen LogP contribution in [0.4, 0.5) is 0 Å². The highest BCUT2D eigenvalue weighted by Crippen LogP contribution is 2.16. The second-order valence-corrected chi connectivity index (χ2v) is 3.28. The van der Waals surface area contributed by atoms with Gasteiger partial charge in [0.15, 0.2) is 0 Å². The number of hydrogen-bond acceptors (Lipinski definition) is 2. The maximum Gasteiger partial charge on any atom is 0.0704 e. The topological polar surface area (TPSA) is 38.0 Å². The Morgan fingerprint density at radius 2 is 2.50 bits per heavy atom. The Kier molecular flexibility index (Phi) is 1.98. The van der Waals surface area contributed by atoms with Gasteiger partial charge in [-0.2, -0.15) is 0 Å². The van der Waals surface area contributed by atoms with Crippen LogP contribution in [0.5, 0.6) is 0 Å². The predicted molar refractivity (Wildman–Crippen MR) is 42.5 cm³/mol. The van der Waals surface area contributed by atoms with E-state index in [-0.39, 0.29) is 11.6 Å². The van der Waals surface area contributed by atoms with E-state index in [2.05, 4.69) is 18.2 Å². The molecule has 1 fully saturated rings. The van der Waals surface area contributed by atoms with Crippen molar-refractivity contribution >= 4 is 0 Å². The van der Waals surface area contributed by atoms with Gasteiger partial charge in [0, 0.05) is 5.54 Å². The first kappa shape index (κ1) is 7.59. The summed E-state index contributed by atoms with van der Waals surface area (Å²) in [5.41, 5.74) is 5.85. The van der Waals surface area contributed by atoms with Crippen molar-refractivity contribution in [2.45, 2.75) is 31.3 Å². The number of nitrogens with one attached hydrogen (secondary N) is 1. The number of terminal acetylenes is 1. The number of nitrogens with two attached hydrogens (primary N) is 1. The summed E-state index contributed by atoms with van der Waals surface area (Å²) in [6.07, 6.45) is 7.17. The summed E-state index contributed by atoms with van der Waals surface area (Å²) >= 11 is 0. The Bertz CT molecular complexity index is 155. The Labute approximate surface area is 62.2 Å². The Hall–Kier alpha value is -0.520. The average Bonchev–Trinajstić information content (AvgIpc) is 1.86. The standard InChI is InChI=1S/C8H14N2/c1-3-7-6-8(2,9)4-5-10-7/h1,7,10H,4-6,9H2,2H3. The summed E-state index contributed by atoms with van der Waals surface area (Å²) in [5.74, 6) is 2.67. The van der Waals surface area contributed by atoms with Crippen molar-refractivity contribution in [1.29, 1.82) is 0 Å². The van der Waals surface area contributed by atoms with Crippen LogP contribution in [0.1, 0.15) is 19.8 Å². The SMILES string of the molecule is C#CC1CC(C)(N)CCN1. The van der Waals surface area contributed by atoms with Gasteiger partial charge < -0.3 is 11.1 Å². The molecule has 0 aliphatic carbocycles. The third-order valence-electron chi connectivity index (χ3n) is 1.96. The minimum Gasteiger partial charge on any atom is -0.325 e. The van der Waals surface area contributed by atoms with Gasteiger partial charge in [-0.3, -0.25) is 0 Å². The summed E-state index contributed by atoms with van der Waals surface area (Å²) in [5, 5.41) is 3.21. The van der Waals surface area contributed by atoms with Crippen LogP contribution in [0.15, 0.2) is 0 Å². The zero-order valence-electron chi connectivity index (χ0n) is 6.35. The first-order valence-corrected chi connectivity index (χ1v) is 3.62. The van der Waals surface area contributed by atoms with Gasteiger partial charge in [-0.15, -0.1) is 6.42 Å². The van der Waals surface area contributed by atoms with Crippen LogP contribution in [0.3, 0.4) is 0 Å². The number of rotatable bonds is 0. The minimum atomic E-state index is -0.0533. The third-order valence-corrected chi connectivity index (χ3v) is 1.96. The summed E-state index contributed by atoms with van der Waals surface area (Å²) < 4.78 is 0. The maximum atomic E-state index is 5.91. The molecule has 0 saturated carbocycles. The molecule has 0 aromatic rings. The molecule has 0 aromatic carbocycles. The van der Waals surface area contributed by atoms with Gasteiger partial charge >= 0.3 is 0 Å². The summed E-state index contributed by atoms with van der Waals surface area (Å²) in [4.78, 5) is 0. The largest absolute Gasteiger partial charge is 0.325 e. The molecule has 2 atom stereocenters. The van der Waals surface area contributed by atoms with Crippen molar-refractivity contribution < 1.29 is 0 Å². The fourth-order valence-electron chi connectivity index (χ4n) is 1.29. The first-order valence-electron chi connectivity index (χ1n) is 3.62. The van der Waals surface area contributed by atoms with Crippen molar-refractivity contribution in [3.8, 4) is 12.3 Å². The Balaban J connectivity index is 2.49. The maximum absolute atomic E-state index is 5.91. The van der Waals surface area contributed by atoms with Crippen LogP contribution in [-0.2, 0) is 0 Å². The quantitative estimate of drug-likeness (QED) is 0.465. The van der Waals surface area contributed by atoms with Crippen LogP contribution in [0.25, 0.3) is 0 Å². The van der Waals surface area contributed by atoms with Gasteiger partial charge in [0.25, 0.3) is 0 Å². The van der Waals surface area contributed by atoms with Gasteiger partial charge in [0.05, 0.1) is 6.04 Å². The summed E-state index contributed by atoms with van der Waals surface area (Å²) in [6.45, 7) is 3.00. The van der Waals surface area contributed by atoms with Crippen molar-refractivity contribution in [1.82, 2.24) is 5.32 Å². The van der Waals surface area contributed by atoms with Crippen LogP contribution < -0.4 is 11.1 Å². The highest BCUT2D eigenvalue weighted by Gasteiger charge is 2.26. The molecular weight excluding hydrogens is 124 g/mol. The van der Waals surface area contributed by atoms with Gasteiger partial charge in [-0.05, 0) is 26.3 Å².